The van der Waals surface area contributed by atoms with Gasteiger partial charge in [-0.3, -0.25) is 4.79 Å². The quantitative estimate of drug-likeness (QED) is 0.762. The van der Waals surface area contributed by atoms with Gasteiger partial charge >= 0.3 is 0 Å². The van der Waals surface area contributed by atoms with E-state index in [2.05, 4.69) is 29.1 Å². The van der Waals surface area contributed by atoms with Gasteiger partial charge in [0.15, 0.2) is 5.13 Å². The number of nitrogens with one attached hydrogen (secondary N) is 2. The third-order valence-electron chi connectivity index (χ3n) is 3.42. The molecule has 0 radical (unpaired) electrons. The van der Waals surface area contributed by atoms with Gasteiger partial charge < -0.3 is 10.3 Å². The van der Waals surface area contributed by atoms with Gasteiger partial charge in [-0.2, -0.15) is 0 Å². The number of aromatic amines is 1. The molecule has 114 valence electrons. The first kappa shape index (κ1) is 14.7. The van der Waals surface area contributed by atoms with Crippen molar-refractivity contribution in [2.45, 2.75) is 26.2 Å². The Morgan fingerprint density at radius 1 is 1.45 bits per heavy atom. The minimum atomic E-state index is -0.310. The minimum absolute atomic E-state index is 0.158. The van der Waals surface area contributed by atoms with E-state index in [1.54, 1.807) is 18.5 Å². The number of carbonyl (C=O) groups is 1. The molecule has 6 heteroatoms. The zero-order valence-corrected chi connectivity index (χ0v) is 13.1. The lowest BCUT2D eigenvalue weighted by Gasteiger charge is -2.01. The number of hydrogen-bond donors (Lipinski definition) is 2. The molecule has 2 N–H and O–H groups in total. The first-order valence-corrected chi connectivity index (χ1v) is 7.85. The largest absolute Gasteiger partial charge is 0.361 e. The highest BCUT2D eigenvalue weighted by atomic mass is 32.1. The number of nitrogens with zero attached hydrogens (tertiary/aromatic N) is 1. The van der Waals surface area contributed by atoms with Crippen LogP contribution in [0.2, 0.25) is 0 Å². The second-order valence-corrected chi connectivity index (χ2v) is 6.51. The van der Waals surface area contributed by atoms with Gasteiger partial charge in [0, 0.05) is 28.2 Å². The van der Waals surface area contributed by atoms with Crippen LogP contribution in [0.4, 0.5) is 9.52 Å². The third kappa shape index (κ3) is 3.01. The maximum absolute atomic E-state index is 13.3. The monoisotopic (exact) mass is 317 g/mol. The molecule has 0 bridgehead atoms. The Labute approximate surface area is 131 Å². The number of thiazole rings is 1. The summed E-state index contributed by atoms with van der Waals surface area (Å²) in [5.74, 6) is -0.0789. The highest BCUT2D eigenvalue weighted by Crippen LogP contribution is 2.25. The second-order valence-electron chi connectivity index (χ2n) is 5.45. The molecule has 0 saturated heterocycles. The van der Waals surface area contributed by atoms with Gasteiger partial charge in [-0.05, 0) is 29.7 Å². The van der Waals surface area contributed by atoms with E-state index < -0.39 is 0 Å². The fourth-order valence-corrected chi connectivity index (χ4v) is 3.08. The van der Waals surface area contributed by atoms with Crippen LogP contribution in [0.25, 0.3) is 10.9 Å². The standard InChI is InChI=1S/C16H16FN3OS/c1-9(2)14-8-19-16(22-14)20-15(21)5-10-7-18-13-4-3-11(17)6-12(10)13/h3-4,6-9,18H,5H2,1-2H3,(H,19,20,21). The number of anilines is 1. The van der Waals surface area contributed by atoms with Crippen LogP contribution in [-0.2, 0) is 11.2 Å². The molecular formula is C16H16FN3OS. The van der Waals surface area contributed by atoms with E-state index in [-0.39, 0.29) is 18.1 Å². The summed E-state index contributed by atoms with van der Waals surface area (Å²) < 4.78 is 13.3. The summed E-state index contributed by atoms with van der Waals surface area (Å²) in [5, 5.41) is 4.13. The molecule has 0 aliphatic rings. The SMILES string of the molecule is CC(C)c1cnc(NC(=O)Cc2c[nH]c3ccc(F)cc23)s1. The van der Waals surface area contributed by atoms with Gasteiger partial charge in [0.1, 0.15) is 5.82 Å². The lowest BCUT2D eigenvalue weighted by atomic mass is 10.1. The van der Waals surface area contributed by atoms with Crippen molar-refractivity contribution >= 4 is 33.3 Å². The van der Waals surface area contributed by atoms with Gasteiger partial charge in [0.2, 0.25) is 5.91 Å². The van der Waals surface area contributed by atoms with Crippen molar-refractivity contribution < 1.29 is 9.18 Å². The van der Waals surface area contributed by atoms with Crippen molar-refractivity contribution in [2.24, 2.45) is 0 Å². The molecule has 2 aromatic heterocycles. The molecule has 0 unspecified atom stereocenters. The fourth-order valence-electron chi connectivity index (χ4n) is 2.24. The summed E-state index contributed by atoms with van der Waals surface area (Å²) >= 11 is 1.48. The Morgan fingerprint density at radius 3 is 3.00 bits per heavy atom. The lowest BCUT2D eigenvalue weighted by Crippen LogP contribution is -2.13. The van der Waals surface area contributed by atoms with E-state index in [0.29, 0.717) is 11.0 Å². The van der Waals surface area contributed by atoms with E-state index >= 15 is 0 Å². The van der Waals surface area contributed by atoms with Crippen molar-refractivity contribution in [2.75, 3.05) is 5.32 Å². The average Bonchev–Trinajstić information content (AvgIpc) is 3.07. The maximum atomic E-state index is 13.3. The van der Waals surface area contributed by atoms with Crippen LogP contribution in [0.15, 0.2) is 30.6 Å². The van der Waals surface area contributed by atoms with Crippen molar-refractivity contribution in [1.29, 1.82) is 0 Å². The number of hydrogen-bond acceptors (Lipinski definition) is 3. The van der Waals surface area contributed by atoms with E-state index in [1.807, 2.05) is 0 Å². The van der Waals surface area contributed by atoms with Gasteiger partial charge in [-0.25, -0.2) is 9.37 Å². The Morgan fingerprint density at radius 2 is 2.27 bits per heavy atom. The molecule has 4 nitrogen and oxygen atoms in total. The van der Waals surface area contributed by atoms with Gasteiger partial charge in [-0.15, -0.1) is 11.3 Å². The van der Waals surface area contributed by atoms with E-state index in [0.717, 1.165) is 21.3 Å². The number of benzene rings is 1. The van der Waals surface area contributed by atoms with Crippen LogP contribution in [-0.4, -0.2) is 15.9 Å². The number of rotatable bonds is 4. The number of H-pyrrole nitrogens is 1. The first-order chi connectivity index (χ1) is 10.5. The number of fused-ring (bicyclic) bond motifs is 1. The Balaban J connectivity index is 1.74. The topological polar surface area (TPSA) is 57.8 Å². The van der Waals surface area contributed by atoms with Crippen molar-refractivity contribution in [3.8, 4) is 0 Å². The summed E-state index contributed by atoms with van der Waals surface area (Å²) in [6.07, 6.45) is 3.71. The highest BCUT2D eigenvalue weighted by molar-refractivity contribution is 7.15. The average molecular weight is 317 g/mol. The number of halogens is 1. The molecule has 22 heavy (non-hydrogen) atoms. The van der Waals surface area contributed by atoms with Crippen molar-refractivity contribution in [3.63, 3.8) is 0 Å². The molecule has 3 rings (SSSR count). The van der Waals surface area contributed by atoms with Crippen LogP contribution in [0.1, 0.15) is 30.2 Å². The highest BCUT2D eigenvalue weighted by Gasteiger charge is 2.12. The Kier molecular flexibility index (Phi) is 3.94. The smallest absolute Gasteiger partial charge is 0.230 e. The fraction of sp³-hybridized carbons (Fsp3) is 0.250. The van der Waals surface area contributed by atoms with Crippen LogP contribution < -0.4 is 5.32 Å². The number of aromatic nitrogens is 2. The predicted molar refractivity (Wildman–Crippen MR) is 86.8 cm³/mol. The molecule has 0 saturated carbocycles. The lowest BCUT2D eigenvalue weighted by molar-refractivity contribution is -0.115. The van der Waals surface area contributed by atoms with Gasteiger partial charge in [0.25, 0.3) is 0 Å². The maximum Gasteiger partial charge on any atom is 0.230 e. The van der Waals surface area contributed by atoms with E-state index in [1.165, 1.54) is 23.5 Å². The summed E-state index contributed by atoms with van der Waals surface area (Å²) in [6.45, 7) is 4.17. The molecule has 0 atom stereocenters. The summed E-state index contributed by atoms with van der Waals surface area (Å²) in [6, 6.07) is 4.50. The Bertz CT molecular complexity index is 822. The summed E-state index contributed by atoms with van der Waals surface area (Å²) in [4.78, 5) is 20.5. The zero-order chi connectivity index (χ0) is 15.7. The molecule has 1 amide bonds. The van der Waals surface area contributed by atoms with Gasteiger partial charge in [-0.1, -0.05) is 13.8 Å². The molecule has 1 aromatic carbocycles. The molecule has 0 aliphatic heterocycles. The summed E-state index contributed by atoms with van der Waals surface area (Å²) in [5.41, 5.74) is 1.59. The number of carbonyl (C=O) groups excluding carboxylic acids is 1. The molecule has 0 fully saturated rings. The molecule has 2 heterocycles. The zero-order valence-electron chi connectivity index (χ0n) is 12.3. The third-order valence-corrected chi connectivity index (χ3v) is 4.63. The van der Waals surface area contributed by atoms with Crippen LogP contribution in [0.5, 0.6) is 0 Å². The second kappa shape index (κ2) is 5.88. The normalized spacial score (nSPS) is 11.3. The van der Waals surface area contributed by atoms with E-state index in [4.69, 9.17) is 0 Å². The number of amides is 1. The van der Waals surface area contributed by atoms with E-state index in [9.17, 15) is 9.18 Å². The minimum Gasteiger partial charge on any atom is -0.361 e. The van der Waals surface area contributed by atoms with Crippen molar-refractivity contribution in [3.05, 3.63) is 46.9 Å². The summed E-state index contributed by atoms with van der Waals surface area (Å²) in [7, 11) is 0. The molecule has 3 aromatic rings. The first-order valence-electron chi connectivity index (χ1n) is 7.04. The molecule has 0 spiro atoms. The van der Waals surface area contributed by atoms with Crippen LogP contribution in [0, 0.1) is 5.82 Å². The molecular weight excluding hydrogens is 301 g/mol. The Hall–Kier alpha value is -2.21. The predicted octanol–water partition coefficient (Wildman–Crippen LogP) is 4.07. The molecule has 0 aliphatic carbocycles. The van der Waals surface area contributed by atoms with Crippen LogP contribution in [0.3, 0.4) is 0 Å². The van der Waals surface area contributed by atoms with Crippen LogP contribution >= 0.6 is 11.3 Å². The van der Waals surface area contributed by atoms with Gasteiger partial charge in [0.05, 0.1) is 6.42 Å². The van der Waals surface area contributed by atoms with Crippen molar-refractivity contribution in [1.82, 2.24) is 9.97 Å².